The Bertz CT molecular complexity index is 1010. The van der Waals surface area contributed by atoms with Crippen molar-refractivity contribution in [1.82, 2.24) is 4.90 Å². The molecule has 0 unspecified atom stereocenters. The van der Waals surface area contributed by atoms with Crippen molar-refractivity contribution in [3.05, 3.63) is 72.3 Å². The molecule has 0 aliphatic carbocycles. The first-order valence-corrected chi connectivity index (χ1v) is 9.45. The van der Waals surface area contributed by atoms with E-state index in [1.165, 1.54) is 0 Å². The molecule has 128 valence electrons. The molecule has 0 radical (unpaired) electrons. The summed E-state index contributed by atoms with van der Waals surface area (Å²) < 4.78 is 25.6. The Morgan fingerprint density at radius 1 is 0.920 bits per heavy atom. The molecule has 0 fully saturated rings. The second-order valence-corrected chi connectivity index (χ2v) is 7.99. The molecule has 25 heavy (non-hydrogen) atoms. The fourth-order valence-electron chi connectivity index (χ4n) is 2.67. The lowest BCUT2D eigenvalue weighted by Crippen LogP contribution is -2.07. The standard InChI is InChI=1S/C20H20N2O2S/c1-22(2)15-21-14-17-8-6-7-16-13-19(11-12-20(16)17)25(23,24)18-9-4-3-5-10-18/h3-13,15H,14H2,1-2H3/b21-15-. The van der Waals surface area contributed by atoms with Gasteiger partial charge in [0.15, 0.2) is 0 Å². The van der Waals surface area contributed by atoms with E-state index in [2.05, 4.69) is 4.99 Å². The van der Waals surface area contributed by atoms with E-state index in [0.717, 1.165) is 16.3 Å². The SMILES string of the molecule is CN(C)/C=N\Cc1cccc2cc(S(=O)(=O)c3ccccc3)ccc12. The van der Waals surface area contributed by atoms with Crippen molar-refractivity contribution in [2.45, 2.75) is 16.3 Å². The maximum absolute atomic E-state index is 12.8. The van der Waals surface area contributed by atoms with Crippen LogP contribution in [-0.4, -0.2) is 33.8 Å². The van der Waals surface area contributed by atoms with Crippen molar-refractivity contribution in [3.63, 3.8) is 0 Å². The molecule has 0 saturated heterocycles. The maximum atomic E-state index is 12.8. The van der Waals surface area contributed by atoms with Crippen LogP contribution in [0.1, 0.15) is 5.56 Å². The van der Waals surface area contributed by atoms with Crippen molar-refractivity contribution in [2.24, 2.45) is 4.99 Å². The number of benzene rings is 3. The number of aliphatic imine (C=N–C) groups is 1. The molecular weight excluding hydrogens is 332 g/mol. The number of hydrogen-bond donors (Lipinski definition) is 0. The Labute approximate surface area is 148 Å². The largest absolute Gasteiger partial charge is 0.369 e. The van der Waals surface area contributed by atoms with Crippen molar-refractivity contribution in [3.8, 4) is 0 Å². The van der Waals surface area contributed by atoms with Gasteiger partial charge in [-0.3, -0.25) is 4.99 Å². The topological polar surface area (TPSA) is 49.7 Å². The fourth-order valence-corrected chi connectivity index (χ4v) is 3.99. The molecular formula is C20H20N2O2S. The summed E-state index contributed by atoms with van der Waals surface area (Å²) in [5.41, 5.74) is 1.07. The van der Waals surface area contributed by atoms with Crippen LogP contribution in [0.4, 0.5) is 0 Å². The Morgan fingerprint density at radius 3 is 2.40 bits per heavy atom. The predicted molar refractivity (Wildman–Crippen MR) is 102 cm³/mol. The minimum Gasteiger partial charge on any atom is -0.369 e. The lowest BCUT2D eigenvalue weighted by molar-refractivity contribution is 0.596. The van der Waals surface area contributed by atoms with E-state index in [-0.39, 0.29) is 0 Å². The van der Waals surface area contributed by atoms with Gasteiger partial charge in [0.1, 0.15) is 0 Å². The molecule has 0 atom stereocenters. The molecule has 0 spiro atoms. The average molecular weight is 352 g/mol. The van der Waals surface area contributed by atoms with Gasteiger partial charge in [-0.25, -0.2) is 8.42 Å². The number of nitrogens with zero attached hydrogens (tertiary/aromatic N) is 2. The van der Waals surface area contributed by atoms with E-state index in [1.54, 1.807) is 48.8 Å². The summed E-state index contributed by atoms with van der Waals surface area (Å²) in [5, 5.41) is 1.92. The summed E-state index contributed by atoms with van der Waals surface area (Å²) in [6.07, 6.45) is 1.77. The zero-order chi connectivity index (χ0) is 17.9. The number of sulfone groups is 1. The van der Waals surface area contributed by atoms with Crippen LogP contribution >= 0.6 is 0 Å². The molecule has 3 rings (SSSR count). The molecule has 4 nitrogen and oxygen atoms in total. The second kappa shape index (κ2) is 7.07. The molecule has 0 amide bonds. The minimum atomic E-state index is -3.51. The predicted octanol–water partition coefficient (Wildman–Crippen LogP) is 3.76. The van der Waals surface area contributed by atoms with Gasteiger partial charge >= 0.3 is 0 Å². The van der Waals surface area contributed by atoms with Gasteiger partial charge in [0.25, 0.3) is 0 Å². The average Bonchev–Trinajstić information content (AvgIpc) is 2.62. The molecule has 3 aromatic rings. The van der Waals surface area contributed by atoms with Crippen LogP contribution < -0.4 is 0 Å². The maximum Gasteiger partial charge on any atom is 0.206 e. The smallest absolute Gasteiger partial charge is 0.206 e. The molecule has 0 aliphatic rings. The van der Waals surface area contributed by atoms with Crippen LogP contribution in [0.25, 0.3) is 10.8 Å². The molecule has 0 heterocycles. The van der Waals surface area contributed by atoms with Crippen LogP contribution in [0, 0.1) is 0 Å². The first-order valence-electron chi connectivity index (χ1n) is 7.96. The second-order valence-electron chi connectivity index (χ2n) is 6.04. The first-order chi connectivity index (χ1) is 12.0. The third-order valence-electron chi connectivity index (χ3n) is 3.88. The molecule has 0 aliphatic heterocycles. The van der Waals surface area contributed by atoms with Crippen LogP contribution in [0.15, 0.2) is 81.5 Å². The molecule has 0 aromatic heterocycles. The third-order valence-corrected chi connectivity index (χ3v) is 5.65. The highest BCUT2D eigenvalue weighted by Gasteiger charge is 2.17. The van der Waals surface area contributed by atoms with Crippen molar-refractivity contribution >= 4 is 26.9 Å². The van der Waals surface area contributed by atoms with Crippen molar-refractivity contribution < 1.29 is 8.42 Å². The molecule has 0 N–H and O–H groups in total. The highest BCUT2D eigenvalue weighted by atomic mass is 32.2. The minimum absolute atomic E-state index is 0.306. The molecule has 5 heteroatoms. The summed E-state index contributed by atoms with van der Waals surface area (Å²) in [5.74, 6) is 0. The van der Waals surface area contributed by atoms with Crippen LogP contribution in [0.3, 0.4) is 0 Å². The van der Waals surface area contributed by atoms with Gasteiger partial charge in [0, 0.05) is 14.1 Å². The zero-order valence-electron chi connectivity index (χ0n) is 14.3. The lowest BCUT2D eigenvalue weighted by atomic mass is 10.0. The first kappa shape index (κ1) is 17.2. The van der Waals surface area contributed by atoms with E-state index in [0.29, 0.717) is 16.3 Å². The van der Waals surface area contributed by atoms with Gasteiger partial charge in [-0.15, -0.1) is 0 Å². The molecule has 3 aromatic carbocycles. The van der Waals surface area contributed by atoms with E-state index < -0.39 is 9.84 Å². The summed E-state index contributed by atoms with van der Waals surface area (Å²) in [6.45, 7) is 0.556. The number of hydrogen-bond acceptors (Lipinski definition) is 3. The normalized spacial score (nSPS) is 11.9. The molecule has 0 saturated carbocycles. The Morgan fingerprint density at radius 2 is 1.68 bits per heavy atom. The lowest BCUT2D eigenvalue weighted by Gasteiger charge is -2.09. The highest BCUT2D eigenvalue weighted by Crippen LogP contribution is 2.26. The van der Waals surface area contributed by atoms with Gasteiger partial charge in [-0.1, -0.05) is 42.5 Å². The van der Waals surface area contributed by atoms with E-state index in [4.69, 9.17) is 0 Å². The van der Waals surface area contributed by atoms with Gasteiger partial charge in [-0.05, 0) is 40.6 Å². The summed E-state index contributed by atoms with van der Waals surface area (Å²) in [6, 6.07) is 19.6. The van der Waals surface area contributed by atoms with Crippen molar-refractivity contribution in [2.75, 3.05) is 14.1 Å². The van der Waals surface area contributed by atoms with Crippen LogP contribution in [0.5, 0.6) is 0 Å². The monoisotopic (exact) mass is 352 g/mol. The van der Waals surface area contributed by atoms with Gasteiger partial charge in [-0.2, -0.15) is 0 Å². The number of rotatable bonds is 5. The Hall–Kier alpha value is -2.66. The summed E-state index contributed by atoms with van der Waals surface area (Å²) >= 11 is 0. The zero-order valence-corrected chi connectivity index (χ0v) is 15.1. The Kier molecular flexibility index (Phi) is 4.86. The van der Waals surface area contributed by atoms with E-state index in [9.17, 15) is 8.42 Å². The fraction of sp³-hybridized carbons (Fsp3) is 0.150. The van der Waals surface area contributed by atoms with E-state index in [1.807, 2.05) is 43.3 Å². The quantitative estimate of drug-likeness (QED) is 0.519. The summed E-state index contributed by atoms with van der Waals surface area (Å²) in [4.78, 5) is 6.89. The number of fused-ring (bicyclic) bond motifs is 1. The van der Waals surface area contributed by atoms with Crippen LogP contribution in [0.2, 0.25) is 0 Å². The Balaban J connectivity index is 2.02. The van der Waals surface area contributed by atoms with Gasteiger partial charge in [0.2, 0.25) is 9.84 Å². The summed E-state index contributed by atoms with van der Waals surface area (Å²) in [7, 11) is 0.340. The van der Waals surface area contributed by atoms with Crippen LogP contribution in [-0.2, 0) is 16.4 Å². The van der Waals surface area contributed by atoms with Gasteiger partial charge in [0.05, 0.1) is 22.7 Å². The van der Waals surface area contributed by atoms with Gasteiger partial charge < -0.3 is 4.90 Å². The molecule has 0 bridgehead atoms. The third kappa shape index (κ3) is 3.72. The highest BCUT2D eigenvalue weighted by molar-refractivity contribution is 7.91. The van der Waals surface area contributed by atoms with E-state index >= 15 is 0 Å². The van der Waals surface area contributed by atoms with Crippen molar-refractivity contribution in [1.29, 1.82) is 0 Å².